The number of ether oxygens (including phenoxy) is 2. The summed E-state index contributed by atoms with van der Waals surface area (Å²) in [5.74, 6) is 1.76. The van der Waals surface area contributed by atoms with Gasteiger partial charge >= 0.3 is 6.03 Å². The van der Waals surface area contributed by atoms with Crippen LogP contribution in [0, 0.1) is 21.6 Å². The van der Waals surface area contributed by atoms with Gasteiger partial charge in [0.05, 0.1) is 18.8 Å². The summed E-state index contributed by atoms with van der Waals surface area (Å²) in [5.41, 5.74) is 2.67. The van der Waals surface area contributed by atoms with Gasteiger partial charge in [0.2, 0.25) is 5.96 Å². The largest absolute Gasteiger partial charge is 0.491 e. The first-order valence-corrected chi connectivity index (χ1v) is 17.7. The molecule has 4 atom stereocenters. The van der Waals surface area contributed by atoms with Crippen LogP contribution in [0.4, 0.5) is 10.5 Å². The maximum absolute atomic E-state index is 13.5. The van der Waals surface area contributed by atoms with Gasteiger partial charge in [0.15, 0.2) is 0 Å². The van der Waals surface area contributed by atoms with Crippen LogP contribution in [-0.4, -0.2) is 57.6 Å². The number of benzene rings is 2. The molecule has 1 aliphatic heterocycles. The Kier molecular flexibility index (Phi) is 11.9. The SMILES string of the molecule is C[C@@H]1CCC[C@H](C)N1C(=N)n1cc(O[C@@H]2CC[C@H](NC(=O)N/C(=C/C(=N)C(C)(C)C)Nc3cccc(OCCO)c3)c3ccccc32)ccc1=N. The summed E-state index contributed by atoms with van der Waals surface area (Å²) in [5, 5.41) is 44.6. The molecule has 12 heteroatoms. The van der Waals surface area contributed by atoms with Crippen molar-refractivity contribution in [1.82, 2.24) is 20.1 Å². The van der Waals surface area contributed by atoms with Crippen LogP contribution in [0.3, 0.4) is 0 Å². The Hall–Kier alpha value is -5.10. The van der Waals surface area contributed by atoms with Crippen LogP contribution in [0.15, 0.2) is 78.8 Å². The summed E-state index contributed by atoms with van der Waals surface area (Å²) in [7, 11) is 0. The highest BCUT2D eigenvalue weighted by molar-refractivity contribution is 5.97. The van der Waals surface area contributed by atoms with Crippen LogP contribution in [0.25, 0.3) is 0 Å². The molecule has 51 heavy (non-hydrogen) atoms. The number of fused-ring (bicyclic) bond motifs is 1. The number of hydrogen-bond donors (Lipinski definition) is 7. The van der Waals surface area contributed by atoms with E-state index < -0.39 is 11.4 Å². The second-order valence-corrected chi connectivity index (χ2v) is 14.4. The van der Waals surface area contributed by atoms with Crippen molar-refractivity contribution in [2.24, 2.45) is 5.41 Å². The lowest BCUT2D eigenvalue weighted by atomic mass is 9.85. The Morgan fingerprint density at radius 1 is 0.961 bits per heavy atom. The zero-order valence-electron chi connectivity index (χ0n) is 30.3. The molecule has 272 valence electrons. The van der Waals surface area contributed by atoms with Crippen molar-refractivity contribution >= 4 is 23.4 Å². The molecule has 2 aliphatic rings. The molecule has 1 aliphatic carbocycles. The van der Waals surface area contributed by atoms with Gasteiger partial charge in [-0.3, -0.25) is 20.7 Å². The molecule has 0 spiro atoms. The normalized spacial score (nSPS) is 20.5. The highest BCUT2D eigenvalue weighted by atomic mass is 16.5. The number of piperidine rings is 1. The number of urea groups is 1. The van der Waals surface area contributed by atoms with Crippen LogP contribution in [0.5, 0.6) is 11.5 Å². The molecule has 0 saturated carbocycles. The van der Waals surface area contributed by atoms with Gasteiger partial charge in [0.25, 0.3) is 0 Å². The van der Waals surface area contributed by atoms with Crippen molar-refractivity contribution in [3.8, 4) is 11.5 Å². The number of hydrogen-bond acceptors (Lipinski definition) is 8. The van der Waals surface area contributed by atoms with Crippen LogP contribution in [0.2, 0.25) is 0 Å². The molecule has 0 radical (unpaired) electrons. The number of carbonyl (C=O) groups excluding carboxylic acids is 1. The van der Waals surface area contributed by atoms with Crippen molar-refractivity contribution in [2.45, 2.75) is 91.0 Å². The molecule has 1 saturated heterocycles. The van der Waals surface area contributed by atoms with Gasteiger partial charge in [-0.25, -0.2) is 4.79 Å². The number of rotatable bonds is 10. The van der Waals surface area contributed by atoms with Crippen LogP contribution < -0.4 is 30.9 Å². The lowest BCUT2D eigenvalue weighted by Crippen LogP contribution is -2.51. The van der Waals surface area contributed by atoms with E-state index in [9.17, 15) is 4.79 Å². The van der Waals surface area contributed by atoms with Crippen molar-refractivity contribution < 1.29 is 19.4 Å². The zero-order valence-corrected chi connectivity index (χ0v) is 30.3. The third-order valence-corrected chi connectivity index (χ3v) is 9.43. The molecule has 3 aromatic rings. The van der Waals surface area contributed by atoms with Crippen molar-refractivity contribution in [3.05, 3.63) is 95.4 Å². The first-order valence-electron chi connectivity index (χ1n) is 17.7. The van der Waals surface area contributed by atoms with Gasteiger partial charge in [-0.1, -0.05) is 51.1 Å². The second-order valence-electron chi connectivity index (χ2n) is 14.4. The Labute approximate surface area is 300 Å². The Balaban J connectivity index is 1.31. The van der Waals surface area contributed by atoms with E-state index in [0.717, 1.165) is 30.4 Å². The van der Waals surface area contributed by atoms with E-state index in [1.165, 1.54) is 0 Å². The summed E-state index contributed by atoms with van der Waals surface area (Å²) in [6.45, 7) is 10.1. The number of carbonyl (C=O) groups is 1. The van der Waals surface area contributed by atoms with Crippen LogP contribution >= 0.6 is 0 Å². The van der Waals surface area contributed by atoms with Crippen LogP contribution in [-0.2, 0) is 0 Å². The smallest absolute Gasteiger partial charge is 0.320 e. The number of amides is 2. The van der Waals surface area contributed by atoms with E-state index in [1.807, 2.05) is 51.1 Å². The average Bonchev–Trinajstić information content (AvgIpc) is 3.08. The molecular weight excluding hydrogens is 644 g/mol. The fraction of sp³-hybridized carbons (Fsp3) is 0.436. The number of aliphatic hydroxyl groups excluding tert-OH is 1. The molecule has 1 fully saturated rings. The number of allylic oxidation sites excluding steroid dienone is 1. The standard InChI is InChI=1S/C39H52N8O4/c1-25-10-8-11-26(2)47(25)37(42)46-24-29(16-19-35(46)41)51-33-18-17-32(30-14-6-7-15-31(30)33)44-38(49)45-36(23-34(40)39(3,4)5)43-27-12-9-13-28(22-27)50-21-20-48/h6-7,9,12-16,19,22-26,32-33,40-43,48H,8,10-11,17-18,20-21H2,1-5H3,(H2,44,45,49)/b36-23+,40-34?,41-35?,42-37?/t25-,26+,32-,33+/m0/s1. The molecule has 0 unspecified atom stereocenters. The highest BCUT2D eigenvalue weighted by Gasteiger charge is 2.31. The van der Waals surface area contributed by atoms with E-state index in [2.05, 4.69) is 34.7 Å². The molecule has 12 nitrogen and oxygen atoms in total. The third-order valence-electron chi connectivity index (χ3n) is 9.43. The summed E-state index contributed by atoms with van der Waals surface area (Å²) < 4.78 is 13.7. The monoisotopic (exact) mass is 696 g/mol. The van der Waals surface area contributed by atoms with E-state index in [0.29, 0.717) is 41.6 Å². The van der Waals surface area contributed by atoms with Crippen LogP contribution in [0.1, 0.15) is 90.0 Å². The molecule has 1 aromatic heterocycles. The molecule has 2 heterocycles. The predicted octanol–water partition coefficient (Wildman–Crippen LogP) is 6.66. The van der Waals surface area contributed by atoms with Gasteiger partial charge in [-0.05, 0) is 81.3 Å². The summed E-state index contributed by atoms with van der Waals surface area (Å²) in [6, 6.07) is 18.3. The summed E-state index contributed by atoms with van der Waals surface area (Å²) in [6.07, 6.45) is 7.51. The van der Waals surface area contributed by atoms with E-state index in [1.54, 1.807) is 47.2 Å². The number of anilines is 1. The number of nitrogens with one attached hydrogen (secondary N) is 6. The molecule has 5 rings (SSSR count). The number of aromatic nitrogens is 1. The molecule has 0 bridgehead atoms. The Morgan fingerprint density at radius 3 is 2.39 bits per heavy atom. The first-order chi connectivity index (χ1) is 24.3. The Bertz CT molecular complexity index is 1800. The molecule has 2 aromatic carbocycles. The predicted molar refractivity (Wildman–Crippen MR) is 199 cm³/mol. The molecule has 7 N–H and O–H groups in total. The maximum Gasteiger partial charge on any atom is 0.320 e. The number of likely N-dealkylation sites (tertiary alicyclic amines) is 1. The van der Waals surface area contributed by atoms with Crippen molar-refractivity contribution in [3.63, 3.8) is 0 Å². The van der Waals surface area contributed by atoms with Gasteiger partial charge in [0.1, 0.15) is 35.5 Å². The van der Waals surface area contributed by atoms with E-state index in [4.69, 9.17) is 30.8 Å². The summed E-state index contributed by atoms with van der Waals surface area (Å²) in [4.78, 5) is 15.6. The molecule has 2 amide bonds. The van der Waals surface area contributed by atoms with E-state index >= 15 is 0 Å². The Morgan fingerprint density at radius 2 is 1.69 bits per heavy atom. The third kappa shape index (κ3) is 9.37. The number of aliphatic hydroxyl groups is 1. The lowest BCUT2D eigenvalue weighted by molar-refractivity contribution is 0.169. The lowest BCUT2D eigenvalue weighted by Gasteiger charge is -2.41. The minimum atomic E-state index is -0.445. The minimum Gasteiger partial charge on any atom is -0.491 e. The fourth-order valence-corrected chi connectivity index (χ4v) is 6.64. The number of pyridine rings is 1. The first kappa shape index (κ1) is 37.2. The average molecular weight is 697 g/mol. The van der Waals surface area contributed by atoms with E-state index in [-0.39, 0.29) is 48.9 Å². The number of nitrogens with zero attached hydrogens (tertiary/aromatic N) is 2. The second kappa shape index (κ2) is 16.3. The minimum absolute atomic E-state index is 0.104. The molecular formula is C39H52N8O4. The highest BCUT2D eigenvalue weighted by Crippen LogP contribution is 2.38. The van der Waals surface area contributed by atoms with Gasteiger partial charge in [-0.15, -0.1) is 0 Å². The van der Waals surface area contributed by atoms with Crippen molar-refractivity contribution in [1.29, 1.82) is 16.2 Å². The zero-order chi connectivity index (χ0) is 36.7. The van der Waals surface area contributed by atoms with Crippen molar-refractivity contribution in [2.75, 3.05) is 18.5 Å². The fourth-order valence-electron chi connectivity index (χ4n) is 6.64. The summed E-state index contributed by atoms with van der Waals surface area (Å²) >= 11 is 0. The van der Waals surface area contributed by atoms with Gasteiger partial charge in [-0.2, -0.15) is 0 Å². The van der Waals surface area contributed by atoms with Gasteiger partial charge in [0, 0.05) is 41.0 Å². The van der Waals surface area contributed by atoms with Gasteiger partial charge < -0.3 is 35.5 Å². The quantitative estimate of drug-likeness (QED) is 0.0923. The topological polar surface area (TPSA) is 172 Å². The maximum atomic E-state index is 13.5.